The second kappa shape index (κ2) is 3.86. The zero-order valence-electron chi connectivity index (χ0n) is 10.3. The third kappa shape index (κ3) is 1.33. The maximum Gasteiger partial charge on any atom is 0.316 e. The van der Waals surface area contributed by atoms with Crippen LogP contribution in [0.3, 0.4) is 0 Å². The topological polar surface area (TPSA) is 43.4 Å². The monoisotopic (exact) mass is 224 g/mol. The first kappa shape index (κ1) is 11.6. The van der Waals surface area contributed by atoms with E-state index in [1.165, 1.54) is 7.11 Å². The van der Waals surface area contributed by atoms with Gasteiger partial charge in [0.25, 0.3) is 0 Å². The Morgan fingerprint density at radius 1 is 1.25 bits per heavy atom. The number of carbonyl (C=O) groups is 2. The Hall–Kier alpha value is -0.860. The molecule has 16 heavy (non-hydrogen) atoms. The summed E-state index contributed by atoms with van der Waals surface area (Å²) in [7, 11) is 1.36. The number of hydrogen-bond donors (Lipinski definition) is 0. The third-order valence-electron chi connectivity index (χ3n) is 4.90. The summed E-state index contributed by atoms with van der Waals surface area (Å²) in [4.78, 5) is 24.0. The zero-order valence-corrected chi connectivity index (χ0v) is 10.3. The van der Waals surface area contributed by atoms with E-state index >= 15 is 0 Å². The van der Waals surface area contributed by atoms with Crippen LogP contribution >= 0.6 is 0 Å². The average molecular weight is 224 g/mol. The molecule has 0 aliphatic heterocycles. The molecule has 1 spiro atoms. The summed E-state index contributed by atoms with van der Waals surface area (Å²) in [5, 5.41) is 0. The molecule has 2 aliphatic rings. The number of methoxy groups -OCH3 is 1. The molecule has 90 valence electrons. The molecule has 0 aromatic rings. The Bertz CT molecular complexity index is 311. The fourth-order valence-electron chi connectivity index (χ4n) is 3.81. The summed E-state index contributed by atoms with van der Waals surface area (Å²) in [5.41, 5.74) is -0.223. The zero-order chi connectivity index (χ0) is 11.9. The minimum absolute atomic E-state index is 0.150. The van der Waals surface area contributed by atoms with Gasteiger partial charge >= 0.3 is 5.97 Å². The molecule has 0 amide bonds. The number of hydrogen-bond acceptors (Lipinski definition) is 3. The number of rotatable bonds is 1. The second-order valence-electron chi connectivity index (χ2n) is 5.40. The van der Waals surface area contributed by atoms with E-state index in [4.69, 9.17) is 4.74 Å². The molecule has 0 aromatic carbocycles. The van der Waals surface area contributed by atoms with Gasteiger partial charge in [0.05, 0.1) is 7.11 Å². The van der Waals surface area contributed by atoms with E-state index in [0.29, 0.717) is 18.3 Å². The Morgan fingerprint density at radius 3 is 2.31 bits per heavy atom. The molecule has 0 N–H and O–H groups in total. The van der Waals surface area contributed by atoms with Gasteiger partial charge in [0.1, 0.15) is 5.92 Å². The van der Waals surface area contributed by atoms with Crippen molar-refractivity contribution in [3.8, 4) is 0 Å². The molecule has 2 aliphatic carbocycles. The van der Waals surface area contributed by atoms with Crippen molar-refractivity contribution < 1.29 is 14.3 Å². The Morgan fingerprint density at radius 2 is 1.81 bits per heavy atom. The van der Waals surface area contributed by atoms with Gasteiger partial charge in [0.15, 0.2) is 5.78 Å². The van der Waals surface area contributed by atoms with Crippen LogP contribution in [0, 0.1) is 23.2 Å². The normalized spacial score (nSPS) is 42.9. The van der Waals surface area contributed by atoms with Crippen LogP contribution in [-0.4, -0.2) is 18.9 Å². The lowest BCUT2D eigenvalue weighted by Crippen LogP contribution is -2.38. The molecule has 0 radical (unpaired) electrons. The van der Waals surface area contributed by atoms with Crippen LogP contribution in [0.25, 0.3) is 0 Å². The minimum atomic E-state index is -0.493. The van der Waals surface area contributed by atoms with Crippen molar-refractivity contribution in [2.75, 3.05) is 7.11 Å². The van der Waals surface area contributed by atoms with Crippen LogP contribution in [-0.2, 0) is 14.3 Å². The molecule has 3 heteroatoms. The fraction of sp³-hybridized carbons (Fsp3) is 0.846. The van der Waals surface area contributed by atoms with E-state index in [9.17, 15) is 9.59 Å². The summed E-state index contributed by atoms with van der Waals surface area (Å²) in [5.74, 6) is 0.160. The van der Waals surface area contributed by atoms with Crippen molar-refractivity contribution in [3.05, 3.63) is 0 Å². The van der Waals surface area contributed by atoms with Crippen LogP contribution in [0.4, 0.5) is 0 Å². The summed E-state index contributed by atoms with van der Waals surface area (Å²) in [6, 6.07) is 0. The first-order valence-corrected chi connectivity index (χ1v) is 6.16. The lowest BCUT2D eigenvalue weighted by atomic mass is 9.70. The first-order valence-electron chi connectivity index (χ1n) is 6.16. The van der Waals surface area contributed by atoms with Gasteiger partial charge in [-0.25, -0.2) is 0 Å². The number of Topliss-reactive ketones (excluding diaryl/α,β-unsaturated/α-hetero) is 1. The largest absolute Gasteiger partial charge is 0.468 e. The molecule has 0 aromatic heterocycles. The highest BCUT2D eigenvalue weighted by atomic mass is 16.5. The van der Waals surface area contributed by atoms with Crippen molar-refractivity contribution in [2.24, 2.45) is 23.2 Å². The maximum absolute atomic E-state index is 12.4. The summed E-state index contributed by atoms with van der Waals surface area (Å²) in [6.07, 6.45) is 3.77. The number of ketones is 1. The van der Waals surface area contributed by atoms with Gasteiger partial charge in [-0.2, -0.15) is 0 Å². The highest BCUT2D eigenvalue weighted by Crippen LogP contribution is 2.56. The quantitative estimate of drug-likeness (QED) is 0.506. The van der Waals surface area contributed by atoms with Crippen molar-refractivity contribution in [2.45, 2.75) is 39.5 Å². The van der Waals surface area contributed by atoms with E-state index in [1.54, 1.807) is 0 Å². The predicted molar refractivity (Wildman–Crippen MR) is 59.7 cm³/mol. The molecular weight excluding hydrogens is 204 g/mol. The van der Waals surface area contributed by atoms with Gasteiger partial charge in [0.2, 0.25) is 0 Å². The van der Waals surface area contributed by atoms with Gasteiger partial charge in [0, 0.05) is 5.41 Å². The van der Waals surface area contributed by atoms with Crippen LogP contribution in [0.2, 0.25) is 0 Å². The van der Waals surface area contributed by atoms with E-state index < -0.39 is 5.92 Å². The van der Waals surface area contributed by atoms with Crippen molar-refractivity contribution in [3.63, 3.8) is 0 Å². The Labute approximate surface area is 96.5 Å². The maximum atomic E-state index is 12.4. The highest BCUT2D eigenvalue weighted by Gasteiger charge is 2.58. The van der Waals surface area contributed by atoms with Gasteiger partial charge in [-0.15, -0.1) is 0 Å². The van der Waals surface area contributed by atoms with E-state index in [1.807, 2.05) is 0 Å². The molecule has 0 heterocycles. The lowest BCUT2D eigenvalue weighted by Gasteiger charge is -2.31. The smallest absolute Gasteiger partial charge is 0.316 e. The standard InChI is InChI=1S/C13H20O3/c1-8-4-5-9(2)13(8)7-6-10(11(13)14)12(15)16-3/h8-10H,4-7H2,1-3H3. The molecule has 0 saturated heterocycles. The van der Waals surface area contributed by atoms with Crippen molar-refractivity contribution in [1.29, 1.82) is 0 Å². The third-order valence-corrected chi connectivity index (χ3v) is 4.90. The summed E-state index contributed by atoms with van der Waals surface area (Å²) < 4.78 is 4.72. The van der Waals surface area contributed by atoms with Crippen molar-refractivity contribution in [1.82, 2.24) is 0 Å². The molecule has 2 saturated carbocycles. The number of esters is 1. The average Bonchev–Trinajstić information content (AvgIpc) is 2.76. The summed E-state index contributed by atoms with van der Waals surface area (Å²) in [6.45, 7) is 4.31. The summed E-state index contributed by atoms with van der Waals surface area (Å²) >= 11 is 0. The first-order chi connectivity index (χ1) is 7.54. The molecule has 2 rings (SSSR count). The molecule has 3 nitrogen and oxygen atoms in total. The van der Waals surface area contributed by atoms with Crippen LogP contribution in [0.15, 0.2) is 0 Å². The molecule has 0 bridgehead atoms. The SMILES string of the molecule is COC(=O)C1CCC2(C1=O)C(C)CCC2C. The predicted octanol–water partition coefficient (Wildman–Crippen LogP) is 2.19. The Balaban J connectivity index is 2.27. The van der Waals surface area contributed by atoms with Gasteiger partial charge in [-0.1, -0.05) is 13.8 Å². The van der Waals surface area contributed by atoms with Crippen LogP contribution < -0.4 is 0 Å². The Kier molecular flexibility index (Phi) is 2.81. The van der Waals surface area contributed by atoms with Gasteiger partial charge in [-0.3, -0.25) is 9.59 Å². The number of ether oxygens (including phenoxy) is 1. The number of carbonyl (C=O) groups excluding carboxylic acids is 2. The second-order valence-corrected chi connectivity index (χ2v) is 5.40. The molecule has 2 fully saturated rings. The fourth-order valence-corrected chi connectivity index (χ4v) is 3.81. The highest BCUT2D eigenvalue weighted by molar-refractivity contribution is 6.04. The molecule has 3 unspecified atom stereocenters. The van der Waals surface area contributed by atoms with Crippen LogP contribution in [0.1, 0.15) is 39.5 Å². The lowest BCUT2D eigenvalue weighted by molar-refractivity contribution is -0.150. The van der Waals surface area contributed by atoms with Gasteiger partial charge in [-0.05, 0) is 37.5 Å². The van der Waals surface area contributed by atoms with E-state index in [0.717, 1.165) is 19.3 Å². The van der Waals surface area contributed by atoms with Crippen LogP contribution in [0.5, 0.6) is 0 Å². The molecule has 3 atom stereocenters. The minimum Gasteiger partial charge on any atom is -0.468 e. The van der Waals surface area contributed by atoms with Crippen molar-refractivity contribution >= 4 is 11.8 Å². The molecular formula is C13H20O3. The van der Waals surface area contributed by atoms with E-state index in [-0.39, 0.29) is 17.2 Å². The van der Waals surface area contributed by atoms with E-state index in [2.05, 4.69) is 13.8 Å². The van der Waals surface area contributed by atoms with Gasteiger partial charge < -0.3 is 4.74 Å².